The number of halogens is 6. The Hall–Kier alpha value is -2.75. The number of hydrogen-bond donors (Lipinski definition) is 0. The van der Waals surface area contributed by atoms with Crippen LogP contribution in [0.2, 0.25) is 0 Å². The predicted octanol–water partition coefficient (Wildman–Crippen LogP) is 8.19. The molecule has 0 unspecified atom stereocenters. The van der Waals surface area contributed by atoms with Gasteiger partial charge in [-0.25, -0.2) is 0 Å². The van der Waals surface area contributed by atoms with Crippen molar-refractivity contribution < 1.29 is 40.6 Å². The number of esters is 1. The van der Waals surface area contributed by atoms with Crippen LogP contribution >= 0.6 is 0 Å². The Balaban J connectivity index is 1.17. The highest BCUT2D eigenvalue weighted by atomic mass is 19.4. The van der Waals surface area contributed by atoms with Gasteiger partial charge in [-0.2, -0.15) is 26.3 Å². The minimum atomic E-state index is -4.75. The van der Waals surface area contributed by atoms with Gasteiger partial charge in [-0.15, -0.1) is 0 Å². The van der Waals surface area contributed by atoms with E-state index in [1.165, 1.54) is 7.11 Å². The van der Waals surface area contributed by atoms with Gasteiger partial charge in [0.1, 0.15) is 11.9 Å². The molecular formula is C33H37F6NO3. The van der Waals surface area contributed by atoms with Crippen LogP contribution in [0.5, 0.6) is 5.75 Å². The summed E-state index contributed by atoms with van der Waals surface area (Å²) in [6.45, 7) is 4.02. The van der Waals surface area contributed by atoms with Gasteiger partial charge < -0.3 is 9.47 Å². The van der Waals surface area contributed by atoms with Crippen molar-refractivity contribution in [2.45, 2.75) is 88.8 Å². The lowest BCUT2D eigenvalue weighted by molar-refractivity contribution is -0.146. The number of likely N-dealkylation sites (tertiary alicyclic amines) is 1. The molecule has 2 aromatic rings. The van der Waals surface area contributed by atoms with Crippen molar-refractivity contribution in [3.05, 3.63) is 64.2 Å². The molecule has 0 aromatic heterocycles. The molecule has 2 aliphatic heterocycles. The summed E-state index contributed by atoms with van der Waals surface area (Å²) in [5.74, 6) is 1.28. The lowest BCUT2D eigenvalue weighted by atomic mass is 9.81. The average Bonchev–Trinajstić information content (AvgIpc) is 3.59. The number of aryl methyl sites for hydroxylation is 1. The first-order chi connectivity index (χ1) is 20.3. The normalized spacial score (nSPS) is 27.7. The molecule has 3 fully saturated rings. The zero-order valence-electron chi connectivity index (χ0n) is 24.5. The van der Waals surface area contributed by atoms with E-state index < -0.39 is 29.5 Å². The van der Waals surface area contributed by atoms with Gasteiger partial charge in [-0.05, 0) is 104 Å². The summed E-state index contributed by atoms with van der Waals surface area (Å²) in [7, 11) is 1.41. The van der Waals surface area contributed by atoms with Crippen molar-refractivity contribution in [2.24, 2.45) is 23.7 Å². The van der Waals surface area contributed by atoms with E-state index >= 15 is 0 Å². The number of fused-ring (bicyclic) bond motifs is 3. The monoisotopic (exact) mass is 609 g/mol. The maximum atomic E-state index is 13.8. The fraction of sp³-hybridized carbons (Fsp3) is 0.606. The van der Waals surface area contributed by atoms with Gasteiger partial charge in [0, 0.05) is 24.5 Å². The molecule has 2 aliphatic carbocycles. The molecule has 0 N–H and O–H groups in total. The maximum Gasteiger partial charge on any atom is 0.416 e. The third-order valence-corrected chi connectivity index (χ3v) is 10.4. The van der Waals surface area contributed by atoms with Crippen LogP contribution in [-0.4, -0.2) is 36.7 Å². The van der Waals surface area contributed by atoms with Gasteiger partial charge in [0.15, 0.2) is 0 Å². The smallest absolute Gasteiger partial charge is 0.416 e. The Kier molecular flexibility index (Phi) is 7.75. The van der Waals surface area contributed by atoms with Crippen molar-refractivity contribution in [1.29, 1.82) is 0 Å². The second-order valence-corrected chi connectivity index (χ2v) is 13.0. The number of ether oxygens (including phenoxy) is 2. The Bertz CT molecular complexity index is 1370. The topological polar surface area (TPSA) is 38.8 Å². The van der Waals surface area contributed by atoms with Gasteiger partial charge in [-0.3, -0.25) is 9.69 Å². The molecule has 0 amide bonds. The molecule has 0 spiro atoms. The van der Waals surface area contributed by atoms with Crippen LogP contribution in [-0.2, 0) is 28.3 Å². The largest absolute Gasteiger partial charge is 0.490 e. The lowest BCUT2D eigenvalue weighted by Crippen LogP contribution is -2.43. The quantitative estimate of drug-likeness (QED) is 0.234. The molecule has 2 saturated carbocycles. The van der Waals surface area contributed by atoms with Crippen LogP contribution in [0.3, 0.4) is 0 Å². The molecule has 2 heterocycles. The minimum Gasteiger partial charge on any atom is -0.490 e. The zero-order valence-corrected chi connectivity index (χ0v) is 24.5. The van der Waals surface area contributed by atoms with Gasteiger partial charge in [0.05, 0.1) is 24.2 Å². The molecule has 1 saturated heterocycles. The predicted molar refractivity (Wildman–Crippen MR) is 147 cm³/mol. The molecule has 4 nitrogen and oxygen atoms in total. The molecule has 2 aromatic carbocycles. The summed E-state index contributed by atoms with van der Waals surface area (Å²) in [5.41, 5.74) is -0.199. The number of benzene rings is 2. The van der Waals surface area contributed by atoms with E-state index in [2.05, 4.69) is 18.2 Å². The number of carbonyl (C=O) groups is 1. The molecule has 2 bridgehead atoms. The standard InChI is InChI=1S/C33H37F6NO3/c1-17(31(41)42-3)30(20-5-6-20)21-7-4-19-8-11-28(43-29(19)13-21)26-15-24-12-22(26)16-40(24)18(2)25-14-23(32(34,35)36)9-10-27(25)33(37,38)39/h4,7,9-10,13-14,17-18,20,22,24,26,28,30H,5-6,8,11-12,15-16H2,1-3H3/t17-,18-,22+,24-,26-,28-,30+/m1/s1. The third-order valence-electron chi connectivity index (χ3n) is 10.4. The molecule has 43 heavy (non-hydrogen) atoms. The second-order valence-electron chi connectivity index (χ2n) is 13.0. The fourth-order valence-corrected chi connectivity index (χ4v) is 8.15. The van der Waals surface area contributed by atoms with E-state index in [4.69, 9.17) is 9.47 Å². The molecule has 6 rings (SSSR count). The van der Waals surface area contributed by atoms with Gasteiger partial charge in [-0.1, -0.05) is 19.1 Å². The van der Waals surface area contributed by atoms with Crippen LogP contribution in [0.25, 0.3) is 0 Å². The average molecular weight is 610 g/mol. The van der Waals surface area contributed by atoms with Gasteiger partial charge >= 0.3 is 18.3 Å². The van der Waals surface area contributed by atoms with E-state index in [0.717, 1.165) is 55.4 Å². The van der Waals surface area contributed by atoms with Crippen LogP contribution in [0, 0.1) is 23.7 Å². The highest BCUT2D eigenvalue weighted by molar-refractivity contribution is 5.73. The van der Waals surface area contributed by atoms with E-state index in [1.54, 1.807) is 6.92 Å². The van der Waals surface area contributed by atoms with E-state index in [0.29, 0.717) is 30.7 Å². The summed E-state index contributed by atoms with van der Waals surface area (Å²) in [6, 6.07) is 7.20. The van der Waals surface area contributed by atoms with Gasteiger partial charge in [0.2, 0.25) is 0 Å². The van der Waals surface area contributed by atoms with Crippen LogP contribution in [0.4, 0.5) is 26.3 Å². The van der Waals surface area contributed by atoms with Crippen LogP contribution in [0.1, 0.15) is 85.7 Å². The summed E-state index contributed by atoms with van der Waals surface area (Å²) in [4.78, 5) is 14.3. The molecule has 7 atom stereocenters. The molecule has 234 valence electrons. The highest BCUT2D eigenvalue weighted by Crippen LogP contribution is 2.52. The number of piperidine rings is 1. The van der Waals surface area contributed by atoms with E-state index in [9.17, 15) is 31.1 Å². The van der Waals surface area contributed by atoms with Crippen molar-refractivity contribution in [3.63, 3.8) is 0 Å². The van der Waals surface area contributed by atoms with Crippen molar-refractivity contribution in [1.82, 2.24) is 4.90 Å². The first-order valence-electron chi connectivity index (χ1n) is 15.2. The Morgan fingerprint density at radius 2 is 1.72 bits per heavy atom. The first kappa shape index (κ1) is 30.3. The number of methoxy groups -OCH3 is 1. The first-order valence-corrected chi connectivity index (χ1v) is 15.2. The van der Waals surface area contributed by atoms with Crippen LogP contribution in [0.15, 0.2) is 36.4 Å². The number of nitrogens with zero attached hydrogens (tertiary/aromatic N) is 1. The Morgan fingerprint density at radius 3 is 2.33 bits per heavy atom. The maximum absolute atomic E-state index is 13.8. The lowest BCUT2D eigenvalue weighted by Gasteiger charge is -2.40. The SMILES string of the molecule is COC(=O)[C@H](C)[C@H](c1ccc2c(c1)O[C@@H]([C@@H]1C[C@H]3C[C@H]1CN3[C@H](C)c1cc(C(F)(F)F)ccc1C(F)(F)F)CC2)C1CC1. The summed E-state index contributed by atoms with van der Waals surface area (Å²) < 4.78 is 93.4. The minimum absolute atomic E-state index is 0.0166. The van der Waals surface area contributed by atoms with Crippen molar-refractivity contribution >= 4 is 5.97 Å². The zero-order chi connectivity index (χ0) is 30.8. The number of carbonyl (C=O) groups excluding carboxylic acids is 1. The summed E-state index contributed by atoms with van der Waals surface area (Å²) >= 11 is 0. The summed E-state index contributed by atoms with van der Waals surface area (Å²) in [6.07, 6.45) is -4.12. The van der Waals surface area contributed by atoms with Crippen molar-refractivity contribution in [3.8, 4) is 5.75 Å². The fourth-order valence-electron chi connectivity index (χ4n) is 8.15. The molecule has 10 heteroatoms. The Labute approximate surface area is 247 Å². The molecule has 0 radical (unpaired) electrons. The number of rotatable bonds is 7. The van der Waals surface area contributed by atoms with E-state index in [-0.39, 0.29) is 47.4 Å². The summed E-state index contributed by atoms with van der Waals surface area (Å²) in [5, 5.41) is 0. The second kappa shape index (κ2) is 11.0. The number of hydrogen-bond acceptors (Lipinski definition) is 4. The molecule has 4 aliphatic rings. The van der Waals surface area contributed by atoms with Crippen LogP contribution < -0.4 is 4.74 Å². The Morgan fingerprint density at radius 1 is 0.977 bits per heavy atom. The third kappa shape index (κ3) is 5.76. The van der Waals surface area contributed by atoms with E-state index in [1.807, 2.05) is 11.8 Å². The highest BCUT2D eigenvalue weighted by Gasteiger charge is 2.51. The van der Waals surface area contributed by atoms with Crippen molar-refractivity contribution in [2.75, 3.05) is 13.7 Å². The van der Waals surface area contributed by atoms with Gasteiger partial charge in [0.25, 0.3) is 0 Å². The molecular weight excluding hydrogens is 572 g/mol. The number of alkyl halides is 6.